The number of nitrogens with zero attached hydrogens (tertiary/aromatic N) is 1. The summed E-state index contributed by atoms with van der Waals surface area (Å²) < 4.78 is 0. The van der Waals surface area contributed by atoms with Crippen molar-refractivity contribution in [3.05, 3.63) is 0 Å². The largest absolute Gasteiger partial charge is 0.352 e. The molecule has 0 aromatic heterocycles. The van der Waals surface area contributed by atoms with Crippen LogP contribution >= 0.6 is 0 Å². The average molecular weight is 266 g/mol. The summed E-state index contributed by atoms with van der Waals surface area (Å²) in [6.07, 6.45) is 7.12. The van der Waals surface area contributed by atoms with Gasteiger partial charge in [-0.1, -0.05) is 6.92 Å². The lowest BCUT2D eigenvalue weighted by Gasteiger charge is -2.34. The minimum absolute atomic E-state index is 0.0230. The molecule has 2 amide bonds. The fourth-order valence-electron chi connectivity index (χ4n) is 3.10. The van der Waals surface area contributed by atoms with Gasteiger partial charge in [0.25, 0.3) is 0 Å². The molecule has 1 aliphatic carbocycles. The summed E-state index contributed by atoms with van der Waals surface area (Å²) in [4.78, 5) is 25.8. The number of nitrogens with one attached hydrogen (secondary N) is 1. The molecular formula is C15H26N2O2. The summed E-state index contributed by atoms with van der Waals surface area (Å²) in [7, 11) is 0. The van der Waals surface area contributed by atoms with E-state index in [0.29, 0.717) is 12.5 Å². The zero-order valence-corrected chi connectivity index (χ0v) is 12.2. The molecule has 4 heteroatoms. The number of amides is 2. The second-order valence-corrected chi connectivity index (χ2v) is 6.19. The summed E-state index contributed by atoms with van der Waals surface area (Å²) in [6, 6.07) is -0.00167. The number of carbonyl (C=O) groups excluding carboxylic acids is 2. The predicted molar refractivity (Wildman–Crippen MR) is 74.6 cm³/mol. The van der Waals surface area contributed by atoms with E-state index in [1.54, 1.807) is 4.90 Å². The van der Waals surface area contributed by atoms with Crippen molar-refractivity contribution in [2.45, 2.75) is 70.9 Å². The van der Waals surface area contributed by atoms with Gasteiger partial charge in [0.2, 0.25) is 11.8 Å². The molecule has 0 bridgehead atoms. The van der Waals surface area contributed by atoms with E-state index in [4.69, 9.17) is 0 Å². The maximum absolute atomic E-state index is 12.2. The zero-order chi connectivity index (χ0) is 13.8. The molecule has 0 aromatic rings. The van der Waals surface area contributed by atoms with Crippen LogP contribution in [0.5, 0.6) is 0 Å². The number of likely N-dealkylation sites (tertiary alicyclic amines) is 1. The topological polar surface area (TPSA) is 49.4 Å². The van der Waals surface area contributed by atoms with Crippen molar-refractivity contribution in [3.63, 3.8) is 0 Å². The first kappa shape index (κ1) is 14.4. The fraction of sp³-hybridized carbons (Fsp3) is 0.867. The molecule has 2 fully saturated rings. The van der Waals surface area contributed by atoms with E-state index in [9.17, 15) is 9.59 Å². The molecule has 19 heavy (non-hydrogen) atoms. The standard InChI is InChI=1S/C15H26N2O2/c1-11-6-8-13(9-7-11)16-15(19)12(2)17-10-4-3-5-14(17)18/h11-13H,3-10H2,1-2H3,(H,16,19). The first-order chi connectivity index (χ1) is 9.08. The molecular weight excluding hydrogens is 240 g/mol. The highest BCUT2D eigenvalue weighted by atomic mass is 16.2. The van der Waals surface area contributed by atoms with Gasteiger partial charge in [0.1, 0.15) is 6.04 Å². The molecule has 1 unspecified atom stereocenters. The molecule has 1 N–H and O–H groups in total. The van der Waals surface area contributed by atoms with E-state index < -0.39 is 0 Å². The Morgan fingerprint density at radius 2 is 1.95 bits per heavy atom. The van der Waals surface area contributed by atoms with Crippen LogP contribution in [0.2, 0.25) is 0 Å². The number of carbonyl (C=O) groups is 2. The monoisotopic (exact) mass is 266 g/mol. The zero-order valence-electron chi connectivity index (χ0n) is 12.2. The SMILES string of the molecule is CC1CCC(NC(=O)C(C)N2CCCCC2=O)CC1. The Bertz CT molecular complexity index is 335. The maximum Gasteiger partial charge on any atom is 0.242 e. The van der Waals surface area contributed by atoms with Crippen LogP contribution in [-0.2, 0) is 9.59 Å². The summed E-state index contributed by atoms with van der Waals surface area (Å²) in [5.41, 5.74) is 0. The van der Waals surface area contributed by atoms with Crippen LogP contribution in [0, 0.1) is 5.92 Å². The second kappa shape index (κ2) is 6.40. The Kier molecular flexibility index (Phi) is 4.83. The van der Waals surface area contributed by atoms with Crippen LogP contribution in [-0.4, -0.2) is 35.3 Å². The van der Waals surface area contributed by atoms with Gasteiger partial charge < -0.3 is 10.2 Å². The van der Waals surface area contributed by atoms with Gasteiger partial charge in [0.15, 0.2) is 0 Å². The van der Waals surface area contributed by atoms with Crippen LogP contribution in [0.25, 0.3) is 0 Å². The number of piperidine rings is 1. The van der Waals surface area contributed by atoms with Crippen LogP contribution < -0.4 is 5.32 Å². The molecule has 1 saturated carbocycles. The van der Waals surface area contributed by atoms with Crippen molar-refractivity contribution in [2.75, 3.05) is 6.54 Å². The highest BCUT2D eigenvalue weighted by Crippen LogP contribution is 2.23. The summed E-state index contributed by atoms with van der Waals surface area (Å²) >= 11 is 0. The molecule has 0 spiro atoms. The summed E-state index contributed by atoms with van der Waals surface area (Å²) in [6.45, 7) is 4.85. The molecule has 1 aliphatic heterocycles. The third kappa shape index (κ3) is 3.71. The average Bonchev–Trinajstić information content (AvgIpc) is 2.41. The third-order valence-electron chi connectivity index (χ3n) is 4.57. The molecule has 1 heterocycles. The van der Waals surface area contributed by atoms with Gasteiger partial charge in [0, 0.05) is 19.0 Å². The Morgan fingerprint density at radius 1 is 1.26 bits per heavy atom. The van der Waals surface area contributed by atoms with Crippen LogP contribution in [0.4, 0.5) is 0 Å². The quantitative estimate of drug-likeness (QED) is 0.850. The lowest BCUT2D eigenvalue weighted by Crippen LogP contribution is -2.52. The summed E-state index contributed by atoms with van der Waals surface area (Å²) in [5.74, 6) is 0.940. The van der Waals surface area contributed by atoms with E-state index in [2.05, 4.69) is 12.2 Å². The maximum atomic E-state index is 12.2. The second-order valence-electron chi connectivity index (χ2n) is 6.19. The predicted octanol–water partition coefficient (Wildman–Crippen LogP) is 2.08. The summed E-state index contributed by atoms with van der Waals surface area (Å²) in [5, 5.41) is 3.12. The lowest BCUT2D eigenvalue weighted by atomic mass is 9.87. The molecule has 2 aliphatic rings. The molecule has 1 saturated heterocycles. The molecule has 108 valence electrons. The van der Waals surface area contributed by atoms with Crippen LogP contribution in [0.3, 0.4) is 0 Å². The fourth-order valence-corrected chi connectivity index (χ4v) is 3.10. The highest BCUT2D eigenvalue weighted by Gasteiger charge is 2.29. The Balaban J connectivity index is 1.83. The first-order valence-electron chi connectivity index (χ1n) is 7.67. The van der Waals surface area contributed by atoms with Gasteiger partial charge in [-0.2, -0.15) is 0 Å². The third-order valence-corrected chi connectivity index (χ3v) is 4.57. The van der Waals surface area contributed by atoms with Crippen molar-refractivity contribution < 1.29 is 9.59 Å². The Hall–Kier alpha value is -1.06. The van der Waals surface area contributed by atoms with E-state index in [1.165, 1.54) is 12.8 Å². The molecule has 1 atom stereocenters. The van der Waals surface area contributed by atoms with E-state index in [0.717, 1.165) is 38.1 Å². The van der Waals surface area contributed by atoms with Gasteiger partial charge in [-0.05, 0) is 51.4 Å². The normalized spacial score (nSPS) is 30.0. The van der Waals surface area contributed by atoms with Crippen molar-refractivity contribution in [3.8, 4) is 0 Å². The number of hydrogen-bond donors (Lipinski definition) is 1. The molecule has 2 rings (SSSR count). The number of hydrogen-bond acceptors (Lipinski definition) is 2. The minimum Gasteiger partial charge on any atom is -0.352 e. The van der Waals surface area contributed by atoms with E-state index >= 15 is 0 Å². The number of rotatable bonds is 3. The van der Waals surface area contributed by atoms with E-state index in [1.807, 2.05) is 6.92 Å². The van der Waals surface area contributed by atoms with Gasteiger partial charge in [0.05, 0.1) is 0 Å². The van der Waals surface area contributed by atoms with Gasteiger partial charge >= 0.3 is 0 Å². The highest BCUT2D eigenvalue weighted by molar-refractivity contribution is 5.87. The van der Waals surface area contributed by atoms with Crippen molar-refractivity contribution in [2.24, 2.45) is 5.92 Å². The van der Waals surface area contributed by atoms with Crippen molar-refractivity contribution in [1.29, 1.82) is 0 Å². The van der Waals surface area contributed by atoms with Crippen LogP contribution in [0.15, 0.2) is 0 Å². The molecule has 4 nitrogen and oxygen atoms in total. The molecule has 0 radical (unpaired) electrons. The minimum atomic E-state index is -0.313. The van der Waals surface area contributed by atoms with Gasteiger partial charge in [-0.25, -0.2) is 0 Å². The first-order valence-corrected chi connectivity index (χ1v) is 7.67. The van der Waals surface area contributed by atoms with Crippen molar-refractivity contribution in [1.82, 2.24) is 10.2 Å². The van der Waals surface area contributed by atoms with Gasteiger partial charge in [-0.15, -0.1) is 0 Å². The van der Waals surface area contributed by atoms with Crippen LogP contribution in [0.1, 0.15) is 58.8 Å². The van der Waals surface area contributed by atoms with E-state index in [-0.39, 0.29) is 17.9 Å². The molecule has 0 aromatic carbocycles. The van der Waals surface area contributed by atoms with Crippen molar-refractivity contribution >= 4 is 11.8 Å². The van der Waals surface area contributed by atoms with Gasteiger partial charge in [-0.3, -0.25) is 9.59 Å². The smallest absolute Gasteiger partial charge is 0.242 e. The Labute approximate surface area is 115 Å². The Morgan fingerprint density at radius 3 is 2.58 bits per heavy atom. The lowest BCUT2D eigenvalue weighted by molar-refractivity contribution is -0.142.